The van der Waals surface area contributed by atoms with Gasteiger partial charge in [0.25, 0.3) is 0 Å². The average molecular weight is 487 g/mol. The number of hydrogen-bond acceptors (Lipinski definition) is 5. The molecule has 4 rings (SSSR count). The standard InChI is InChI=1S/C24H28Cl2N6O/c1-15(33)31-12-6-9-21(31)23-28-22(20-11-10-16(13-27-20)29-24(2,3)4)30-32(23)14-17-18(25)7-5-8-19(17)26/h5,7-8,10-11,13,21,29H,6,9,12,14H2,1-4H3/t21-/m1/s1. The van der Waals surface area contributed by atoms with E-state index in [9.17, 15) is 4.79 Å². The Kier molecular flexibility index (Phi) is 6.64. The predicted molar refractivity (Wildman–Crippen MR) is 132 cm³/mol. The van der Waals surface area contributed by atoms with Crippen LogP contribution in [0.3, 0.4) is 0 Å². The Bertz CT molecular complexity index is 1130. The molecule has 1 N–H and O–H groups in total. The molecule has 2 aromatic heterocycles. The Morgan fingerprint density at radius 3 is 2.52 bits per heavy atom. The maximum absolute atomic E-state index is 12.2. The number of aromatic nitrogens is 4. The molecule has 3 aromatic rings. The summed E-state index contributed by atoms with van der Waals surface area (Å²) >= 11 is 12.9. The fourth-order valence-corrected chi connectivity index (χ4v) is 4.62. The van der Waals surface area contributed by atoms with Crippen LogP contribution in [-0.4, -0.2) is 42.6 Å². The zero-order chi connectivity index (χ0) is 23.8. The number of rotatable bonds is 5. The highest BCUT2D eigenvalue weighted by atomic mass is 35.5. The normalized spacial score (nSPS) is 16.3. The summed E-state index contributed by atoms with van der Waals surface area (Å²) in [6, 6.07) is 9.15. The molecular weight excluding hydrogens is 459 g/mol. The monoisotopic (exact) mass is 486 g/mol. The maximum atomic E-state index is 12.2. The molecule has 9 heteroatoms. The van der Waals surface area contributed by atoms with E-state index >= 15 is 0 Å². The van der Waals surface area contributed by atoms with Crippen LogP contribution in [0.25, 0.3) is 11.5 Å². The zero-order valence-electron chi connectivity index (χ0n) is 19.3. The van der Waals surface area contributed by atoms with Gasteiger partial charge in [-0.1, -0.05) is 29.3 Å². The molecule has 0 spiro atoms. The molecule has 33 heavy (non-hydrogen) atoms. The number of carbonyl (C=O) groups excluding carboxylic acids is 1. The van der Waals surface area contributed by atoms with Gasteiger partial charge in [-0.25, -0.2) is 9.67 Å². The van der Waals surface area contributed by atoms with Crippen molar-refractivity contribution in [2.24, 2.45) is 0 Å². The van der Waals surface area contributed by atoms with E-state index in [2.05, 4.69) is 31.1 Å². The molecule has 1 aliphatic rings. The van der Waals surface area contributed by atoms with E-state index < -0.39 is 0 Å². The fourth-order valence-electron chi connectivity index (χ4n) is 4.10. The van der Waals surface area contributed by atoms with Gasteiger partial charge in [0, 0.05) is 34.6 Å². The van der Waals surface area contributed by atoms with Crippen LogP contribution in [0.15, 0.2) is 36.5 Å². The second-order valence-electron chi connectivity index (χ2n) is 9.33. The quantitative estimate of drug-likeness (QED) is 0.508. The van der Waals surface area contributed by atoms with Crippen LogP contribution in [-0.2, 0) is 11.3 Å². The van der Waals surface area contributed by atoms with Crippen molar-refractivity contribution in [1.29, 1.82) is 0 Å². The third-order valence-electron chi connectivity index (χ3n) is 5.54. The SMILES string of the molecule is CC(=O)N1CCC[C@@H]1c1nc(-c2ccc(NC(C)(C)C)cn2)nn1Cc1c(Cl)cccc1Cl. The van der Waals surface area contributed by atoms with Crippen molar-refractivity contribution >= 4 is 34.8 Å². The van der Waals surface area contributed by atoms with Crippen molar-refractivity contribution in [3.63, 3.8) is 0 Å². The summed E-state index contributed by atoms with van der Waals surface area (Å²) in [5.41, 5.74) is 2.28. The third-order valence-corrected chi connectivity index (χ3v) is 6.25. The summed E-state index contributed by atoms with van der Waals surface area (Å²) in [7, 11) is 0. The number of carbonyl (C=O) groups is 1. The lowest BCUT2D eigenvalue weighted by atomic mass is 10.1. The minimum absolute atomic E-state index is 0.0279. The fraction of sp³-hybridized carbons (Fsp3) is 0.417. The largest absolute Gasteiger partial charge is 0.379 e. The molecule has 3 heterocycles. The molecule has 1 aromatic carbocycles. The van der Waals surface area contributed by atoms with Crippen molar-refractivity contribution in [2.45, 2.75) is 58.7 Å². The molecule has 174 valence electrons. The van der Waals surface area contributed by atoms with E-state index in [4.69, 9.17) is 33.3 Å². The smallest absolute Gasteiger partial charge is 0.220 e. The number of anilines is 1. The van der Waals surface area contributed by atoms with Crippen molar-refractivity contribution in [3.8, 4) is 11.5 Å². The van der Waals surface area contributed by atoms with Crippen LogP contribution in [0, 0.1) is 0 Å². The number of hydrogen-bond donors (Lipinski definition) is 1. The topological polar surface area (TPSA) is 75.9 Å². The lowest BCUT2D eigenvalue weighted by Crippen LogP contribution is -2.30. The summed E-state index contributed by atoms with van der Waals surface area (Å²) in [5, 5.41) is 9.30. The highest BCUT2D eigenvalue weighted by Crippen LogP contribution is 2.33. The minimum atomic E-state index is -0.146. The van der Waals surface area contributed by atoms with E-state index in [1.54, 1.807) is 29.9 Å². The van der Waals surface area contributed by atoms with Gasteiger partial charge in [-0.3, -0.25) is 9.78 Å². The Morgan fingerprint density at radius 1 is 1.18 bits per heavy atom. The Morgan fingerprint density at radius 2 is 1.91 bits per heavy atom. The summed E-state index contributed by atoms with van der Waals surface area (Å²) in [6.07, 6.45) is 3.53. The minimum Gasteiger partial charge on any atom is -0.379 e. The molecule has 0 saturated carbocycles. The van der Waals surface area contributed by atoms with Crippen LogP contribution in [0.5, 0.6) is 0 Å². The maximum Gasteiger partial charge on any atom is 0.220 e. The van der Waals surface area contributed by atoms with Crippen LogP contribution in [0.2, 0.25) is 10.0 Å². The predicted octanol–water partition coefficient (Wildman–Crippen LogP) is 5.59. The number of likely N-dealkylation sites (tertiary alicyclic amines) is 1. The van der Waals surface area contributed by atoms with Gasteiger partial charge in [0.05, 0.1) is 24.5 Å². The third kappa shape index (κ3) is 5.31. The zero-order valence-corrected chi connectivity index (χ0v) is 20.8. The molecule has 1 saturated heterocycles. The molecule has 7 nitrogen and oxygen atoms in total. The first-order valence-corrected chi connectivity index (χ1v) is 11.8. The summed E-state index contributed by atoms with van der Waals surface area (Å²) in [5.74, 6) is 1.25. The van der Waals surface area contributed by atoms with E-state index in [1.807, 2.05) is 23.1 Å². The molecular formula is C24H28Cl2N6O. The van der Waals surface area contributed by atoms with Crippen LogP contribution < -0.4 is 5.32 Å². The average Bonchev–Trinajstić information content (AvgIpc) is 3.37. The van der Waals surface area contributed by atoms with Gasteiger partial charge in [-0.05, 0) is 57.9 Å². The van der Waals surface area contributed by atoms with Gasteiger partial charge in [0.1, 0.15) is 5.69 Å². The number of pyridine rings is 1. The molecule has 0 radical (unpaired) electrons. The first-order valence-electron chi connectivity index (χ1n) is 11.0. The van der Waals surface area contributed by atoms with Crippen LogP contribution >= 0.6 is 23.2 Å². The first kappa shape index (κ1) is 23.5. The Balaban J connectivity index is 1.73. The Labute approximate surface area is 204 Å². The van der Waals surface area contributed by atoms with E-state index in [1.165, 1.54) is 0 Å². The summed E-state index contributed by atoms with van der Waals surface area (Å²) in [4.78, 5) is 23.5. The van der Waals surface area contributed by atoms with Gasteiger partial charge >= 0.3 is 0 Å². The van der Waals surface area contributed by atoms with E-state index in [0.717, 1.165) is 24.1 Å². The van der Waals surface area contributed by atoms with Crippen molar-refractivity contribution in [1.82, 2.24) is 24.6 Å². The van der Waals surface area contributed by atoms with Gasteiger partial charge in [-0.15, -0.1) is 5.10 Å². The second-order valence-corrected chi connectivity index (χ2v) is 10.1. The number of nitrogens with zero attached hydrogens (tertiary/aromatic N) is 5. The molecule has 0 unspecified atom stereocenters. The lowest BCUT2D eigenvalue weighted by molar-refractivity contribution is -0.129. The van der Waals surface area contributed by atoms with Crippen LogP contribution in [0.1, 0.15) is 58.0 Å². The molecule has 1 amide bonds. The number of benzene rings is 1. The second kappa shape index (κ2) is 9.31. The number of nitrogens with one attached hydrogen (secondary N) is 1. The summed E-state index contributed by atoms with van der Waals surface area (Å²) in [6.45, 7) is 8.94. The summed E-state index contributed by atoms with van der Waals surface area (Å²) < 4.78 is 1.80. The molecule has 0 aliphatic carbocycles. The van der Waals surface area contributed by atoms with Crippen molar-refractivity contribution in [2.75, 3.05) is 11.9 Å². The van der Waals surface area contributed by atoms with Gasteiger partial charge in [0.2, 0.25) is 5.91 Å². The van der Waals surface area contributed by atoms with Crippen molar-refractivity contribution in [3.05, 3.63) is 58.0 Å². The van der Waals surface area contributed by atoms with Gasteiger partial charge in [-0.2, -0.15) is 0 Å². The van der Waals surface area contributed by atoms with Crippen molar-refractivity contribution < 1.29 is 4.79 Å². The molecule has 1 fully saturated rings. The number of amides is 1. The molecule has 1 aliphatic heterocycles. The highest BCUT2D eigenvalue weighted by Gasteiger charge is 2.33. The van der Waals surface area contributed by atoms with E-state index in [0.29, 0.717) is 40.5 Å². The molecule has 0 bridgehead atoms. The van der Waals surface area contributed by atoms with Gasteiger partial charge < -0.3 is 10.2 Å². The highest BCUT2D eigenvalue weighted by molar-refractivity contribution is 6.35. The van der Waals surface area contributed by atoms with Crippen LogP contribution in [0.4, 0.5) is 5.69 Å². The van der Waals surface area contributed by atoms with E-state index in [-0.39, 0.29) is 17.5 Å². The number of halogens is 2. The lowest BCUT2D eigenvalue weighted by Gasteiger charge is -2.23. The van der Waals surface area contributed by atoms with Gasteiger partial charge in [0.15, 0.2) is 11.6 Å². The Hall–Kier alpha value is -2.64. The first-order chi connectivity index (χ1) is 15.6. The molecule has 1 atom stereocenters.